The third-order valence-corrected chi connectivity index (χ3v) is 2.55. The number of carbonyl (C=O) groups is 2. The van der Waals surface area contributed by atoms with Crippen LogP contribution in [0.1, 0.15) is 24.2 Å². The van der Waals surface area contributed by atoms with Crippen molar-refractivity contribution in [2.45, 2.75) is 19.8 Å². The summed E-state index contributed by atoms with van der Waals surface area (Å²) < 4.78 is 5.46. The number of pyridine rings is 1. The van der Waals surface area contributed by atoms with Crippen LogP contribution in [0.3, 0.4) is 0 Å². The van der Waals surface area contributed by atoms with E-state index in [0.717, 1.165) is 10.9 Å². The summed E-state index contributed by atoms with van der Waals surface area (Å²) in [5.74, 6) is -0.414. The molecule has 5 heteroatoms. The van der Waals surface area contributed by atoms with Crippen molar-refractivity contribution in [3.63, 3.8) is 0 Å². The van der Waals surface area contributed by atoms with Gasteiger partial charge in [0.25, 0.3) is 0 Å². The zero-order chi connectivity index (χ0) is 12.4. The number of aromatic nitrogens is 1. The number of imide groups is 1. The highest BCUT2D eigenvalue weighted by atomic mass is 16.3. The number of aryl methyl sites for hydroxylation is 1. The van der Waals surface area contributed by atoms with E-state index >= 15 is 0 Å². The van der Waals surface area contributed by atoms with Crippen LogP contribution in [0.2, 0.25) is 0 Å². The van der Waals surface area contributed by atoms with Crippen molar-refractivity contribution in [1.82, 2.24) is 10.3 Å². The molecule has 2 amide bonds. The number of rotatable bonds is 3. The van der Waals surface area contributed by atoms with Crippen LogP contribution in [-0.4, -0.2) is 17.3 Å². The highest BCUT2D eigenvalue weighted by Crippen LogP contribution is 2.24. The van der Waals surface area contributed by atoms with E-state index in [1.165, 1.54) is 0 Å². The summed E-state index contributed by atoms with van der Waals surface area (Å²) in [6.45, 7) is 3.60. The van der Waals surface area contributed by atoms with E-state index in [1.54, 1.807) is 19.2 Å². The SMILES string of the molecule is Cc1cnc2oc(C(C)C(=O)NC=O)cc2c1. The highest BCUT2D eigenvalue weighted by molar-refractivity contribution is 5.91. The molecule has 2 rings (SSSR count). The first-order chi connectivity index (χ1) is 8.11. The van der Waals surface area contributed by atoms with Gasteiger partial charge >= 0.3 is 0 Å². The Labute approximate surface area is 97.8 Å². The number of nitrogens with one attached hydrogen (secondary N) is 1. The molecule has 0 saturated heterocycles. The molecule has 5 nitrogen and oxygen atoms in total. The molecule has 0 saturated carbocycles. The lowest BCUT2D eigenvalue weighted by Gasteiger charge is -2.04. The van der Waals surface area contributed by atoms with E-state index in [1.807, 2.05) is 13.0 Å². The first-order valence-corrected chi connectivity index (χ1v) is 5.22. The molecule has 0 radical (unpaired) electrons. The van der Waals surface area contributed by atoms with Gasteiger partial charge in [0.1, 0.15) is 5.76 Å². The smallest absolute Gasteiger partial charge is 0.236 e. The van der Waals surface area contributed by atoms with Crippen LogP contribution >= 0.6 is 0 Å². The van der Waals surface area contributed by atoms with Gasteiger partial charge in [-0.15, -0.1) is 0 Å². The number of fused-ring (bicyclic) bond motifs is 1. The second-order valence-corrected chi connectivity index (χ2v) is 3.90. The third kappa shape index (κ3) is 2.18. The Morgan fingerprint density at radius 3 is 3.00 bits per heavy atom. The molecule has 2 heterocycles. The largest absolute Gasteiger partial charge is 0.442 e. The van der Waals surface area contributed by atoms with Crippen LogP contribution in [0, 0.1) is 6.92 Å². The zero-order valence-electron chi connectivity index (χ0n) is 9.56. The van der Waals surface area contributed by atoms with E-state index in [2.05, 4.69) is 10.3 Å². The summed E-state index contributed by atoms with van der Waals surface area (Å²) in [6.07, 6.45) is 2.07. The van der Waals surface area contributed by atoms with Gasteiger partial charge in [0.2, 0.25) is 18.0 Å². The average molecular weight is 232 g/mol. The van der Waals surface area contributed by atoms with Crippen molar-refractivity contribution in [3.8, 4) is 0 Å². The number of hydrogen-bond acceptors (Lipinski definition) is 4. The maximum absolute atomic E-state index is 11.5. The molecule has 2 aromatic rings. The third-order valence-electron chi connectivity index (χ3n) is 2.55. The van der Waals surface area contributed by atoms with E-state index in [4.69, 9.17) is 4.42 Å². The van der Waals surface area contributed by atoms with E-state index in [9.17, 15) is 9.59 Å². The van der Waals surface area contributed by atoms with E-state index in [-0.39, 0.29) is 0 Å². The van der Waals surface area contributed by atoms with Crippen molar-refractivity contribution in [3.05, 3.63) is 29.7 Å². The summed E-state index contributed by atoms with van der Waals surface area (Å²) in [7, 11) is 0. The minimum atomic E-state index is -0.519. The van der Waals surface area contributed by atoms with Crippen LogP contribution in [0.25, 0.3) is 11.1 Å². The minimum absolute atomic E-state index is 0.365. The summed E-state index contributed by atoms with van der Waals surface area (Å²) in [6, 6.07) is 3.70. The molecule has 0 spiro atoms. The Morgan fingerprint density at radius 1 is 1.53 bits per heavy atom. The molecule has 0 fully saturated rings. The second kappa shape index (κ2) is 4.37. The normalized spacial score (nSPS) is 12.4. The molecule has 88 valence electrons. The topological polar surface area (TPSA) is 72.2 Å². The average Bonchev–Trinajstić information content (AvgIpc) is 2.71. The van der Waals surface area contributed by atoms with Crippen molar-refractivity contribution >= 4 is 23.4 Å². The summed E-state index contributed by atoms with van der Waals surface area (Å²) in [5.41, 5.74) is 1.52. The van der Waals surface area contributed by atoms with Gasteiger partial charge in [-0.3, -0.25) is 14.9 Å². The van der Waals surface area contributed by atoms with Gasteiger partial charge in [0.05, 0.1) is 5.92 Å². The van der Waals surface area contributed by atoms with Crippen molar-refractivity contribution in [2.75, 3.05) is 0 Å². The molecule has 1 atom stereocenters. The van der Waals surface area contributed by atoms with Gasteiger partial charge < -0.3 is 4.42 Å². The molecule has 17 heavy (non-hydrogen) atoms. The van der Waals surface area contributed by atoms with Crippen LogP contribution < -0.4 is 5.32 Å². The van der Waals surface area contributed by atoms with Gasteiger partial charge in [-0.05, 0) is 31.5 Å². The lowest BCUT2D eigenvalue weighted by molar-refractivity contribution is -0.126. The fraction of sp³-hybridized carbons (Fsp3) is 0.250. The Bertz CT molecular complexity index is 574. The van der Waals surface area contributed by atoms with Gasteiger partial charge in [-0.25, -0.2) is 4.98 Å². The van der Waals surface area contributed by atoms with Crippen LogP contribution in [-0.2, 0) is 9.59 Å². The Kier molecular flexibility index (Phi) is 2.91. The highest BCUT2D eigenvalue weighted by Gasteiger charge is 2.19. The molecular formula is C12H12N2O3. The fourth-order valence-electron chi connectivity index (χ4n) is 1.59. The number of carbonyl (C=O) groups excluding carboxylic acids is 2. The Balaban J connectivity index is 2.36. The molecule has 0 aromatic carbocycles. The molecule has 1 unspecified atom stereocenters. The van der Waals surface area contributed by atoms with Crippen molar-refractivity contribution in [2.24, 2.45) is 0 Å². The minimum Gasteiger partial charge on any atom is -0.442 e. The maximum atomic E-state index is 11.5. The quantitative estimate of drug-likeness (QED) is 0.814. The first-order valence-electron chi connectivity index (χ1n) is 5.22. The number of amides is 2. The molecule has 0 aliphatic carbocycles. The standard InChI is InChI=1S/C12H12N2O3/c1-7-3-9-4-10(17-12(9)13-5-7)8(2)11(16)14-6-15/h3-6,8H,1-2H3,(H,14,15,16). The molecule has 0 aliphatic rings. The van der Waals surface area contributed by atoms with Crippen LogP contribution in [0.4, 0.5) is 0 Å². The summed E-state index contributed by atoms with van der Waals surface area (Å²) in [5, 5.41) is 2.95. The Morgan fingerprint density at radius 2 is 2.29 bits per heavy atom. The second-order valence-electron chi connectivity index (χ2n) is 3.90. The number of hydrogen-bond donors (Lipinski definition) is 1. The molecule has 0 aliphatic heterocycles. The Hall–Kier alpha value is -2.17. The molecule has 1 N–H and O–H groups in total. The predicted molar refractivity (Wildman–Crippen MR) is 61.4 cm³/mol. The number of furan rings is 1. The lowest BCUT2D eigenvalue weighted by atomic mass is 10.1. The predicted octanol–water partition coefficient (Wildman–Crippen LogP) is 1.51. The van der Waals surface area contributed by atoms with Crippen LogP contribution in [0.15, 0.2) is 22.7 Å². The van der Waals surface area contributed by atoms with Gasteiger partial charge in [-0.1, -0.05) is 0 Å². The van der Waals surface area contributed by atoms with E-state index in [0.29, 0.717) is 17.9 Å². The lowest BCUT2D eigenvalue weighted by Crippen LogP contribution is -2.26. The van der Waals surface area contributed by atoms with Gasteiger partial charge in [0, 0.05) is 11.6 Å². The van der Waals surface area contributed by atoms with Crippen molar-refractivity contribution in [1.29, 1.82) is 0 Å². The zero-order valence-corrected chi connectivity index (χ0v) is 9.56. The summed E-state index contributed by atoms with van der Waals surface area (Å²) in [4.78, 5) is 25.8. The molecular weight excluding hydrogens is 220 g/mol. The first kappa shape index (κ1) is 11.3. The monoisotopic (exact) mass is 232 g/mol. The van der Waals surface area contributed by atoms with Gasteiger partial charge in [-0.2, -0.15) is 0 Å². The molecule has 2 aromatic heterocycles. The van der Waals surface area contributed by atoms with Gasteiger partial charge in [0.15, 0.2) is 0 Å². The van der Waals surface area contributed by atoms with Crippen LogP contribution in [0.5, 0.6) is 0 Å². The fourth-order valence-corrected chi connectivity index (χ4v) is 1.59. The number of nitrogens with zero attached hydrogens (tertiary/aromatic N) is 1. The maximum Gasteiger partial charge on any atom is 0.236 e. The summed E-state index contributed by atoms with van der Waals surface area (Å²) >= 11 is 0. The van der Waals surface area contributed by atoms with E-state index < -0.39 is 11.8 Å². The van der Waals surface area contributed by atoms with Crippen molar-refractivity contribution < 1.29 is 14.0 Å². The molecule has 0 bridgehead atoms.